The molecule has 5 heteroatoms. The highest BCUT2D eigenvalue weighted by atomic mass is 19.1. The molecule has 1 saturated carbocycles. The van der Waals surface area contributed by atoms with Crippen LogP contribution in [0.4, 0.5) is 4.39 Å². The Hall–Kier alpha value is -1.13. The van der Waals surface area contributed by atoms with Gasteiger partial charge in [0.25, 0.3) is 0 Å². The summed E-state index contributed by atoms with van der Waals surface area (Å²) in [6, 6.07) is 0. The standard InChI is InChI=1S/C9H13FO4/c1-4-13-7(12)9(10)5-8(9,3)14-6(2)11/h4-5H2,1-3H3. The number of halogens is 1. The van der Waals surface area contributed by atoms with Crippen molar-refractivity contribution in [3.63, 3.8) is 0 Å². The first kappa shape index (κ1) is 10.9. The topological polar surface area (TPSA) is 52.6 Å². The molecule has 1 aliphatic rings. The molecular weight excluding hydrogens is 191 g/mol. The number of alkyl halides is 1. The van der Waals surface area contributed by atoms with Crippen LogP contribution in [0.1, 0.15) is 27.2 Å². The minimum atomic E-state index is -2.16. The van der Waals surface area contributed by atoms with E-state index >= 15 is 0 Å². The average molecular weight is 204 g/mol. The Morgan fingerprint density at radius 3 is 2.50 bits per heavy atom. The van der Waals surface area contributed by atoms with E-state index in [0.717, 1.165) is 0 Å². The molecule has 1 aliphatic carbocycles. The Labute approximate surface area is 81.4 Å². The number of carbonyl (C=O) groups is 2. The van der Waals surface area contributed by atoms with Crippen molar-refractivity contribution < 1.29 is 23.5 Å². The summed E-state index contributed by atoms with van der Waals surface area (Å²) in [5.74, 6) is -1.56. The third kappa shape index (κ3) is 1.58. The summed E-state index contributed by atoms with van der Waals surface area (Å²) in [6.07, 6.45) is -0.127. The number of ether oxygens (including phenoxy) is 2. The van der Waals surface area contributed by atoms with Gasteiger partial charge in [-0.15, -0.1) is 0 Å². The molecule has 4 nitrogen and oxygen atoms in total. The smallest absolute Gasteiger partial charge is 0.348 e. The van der Waals surface area contributed by atoms with Gasteiger partial charge in [-0.25, -0.2) is 9.18 Å². The molecule has 2 unspecified atom stereocenters. The highest BCUT2D eigenvalue weighted by Crippen LogP contribution is 2.54. The summed E-state index contributed by atoms with van der Waals surface area (Å²) in [7, 11) is 0. The molecule has 0 aliphatic heterocycles. The van der Waals surface area contributed by atoms with Gasteiger partial charge >= 0.3 is 11.9 Å². The monoisotopic (exact) mass is 204 g/mol. The lowest BCUT2D eigenvalue weighted by Crippen LogP contribution is -2.32. The van der Waals surface area contributed by atoms with Crippen LogP contribution in [0.2, 0.25) is 0 Å². The third-order valence-electron chi connectivity index (χ3n) is 2.26. The van der Waals surface area contributed by atoms with Crippen LogP contribution in [-0.4, -0.2) is 29.8 Å². The largest absolute Gasteiger partial charge is 0.464 e. The highest BCUT2D eigenvalue weighted by molar-refractivity contribution is 5.87. The zero-order chi connectivity index (χ0) is 11.0. The van der Waals surface area contributed by atoms with Gasteiger partial charge in [0, 0.05) is 13.3 Å². The Morgan fingerprint density at radius 1 is 1.50 bits per heavy atom. The van der Waals surface area contributed by atoms with Crippen molar-refractivity contribution in [1.29, 1.82) is 0 Å². The average Bonchev–Trinajstić information content (AvgIpc) is 2.54. The molecule has 0 spiro atoms. The van der Waals surface area contributed by atoms with Gasteiger partial charge in [0.2, 0.25) is 5.67 Å². The van der Waals surface area contributed by atoms with E-state index < -0.39 is 23.2 Å². The molecule has 0 radical (unpaired) electrons. The maximum atomic E-state index is 13.7. The molecule has 0 amide bonds. The van der Waals surface area contributed by atoms with E-state index in [1.165, 1.54) is 13.8 Å². The van der Waals surface area contributed by atoms with Crippen LogP contribution in [0.5, 0.6) is 0 Å². The molecule has 2 atom stereocenters. The molecule has 1 rings (SSSR count). The van der Waals surface area contributed by atoms with Crippen LogP contribution in [0, 0.1) is 0 Å². The minimum absolute atomic E-state index is 0.112. The van der Waals surface area contributed by atoms with Gasteiger partial charge in [0.1, 0.15) is 0 Å². The Morgan fingerprint density at radius 2 is 2.07 bits per heavy atom. The van der Waals surface area contributed by atoms with Gasteiger partial charge in [-0.3, -0.25) is 4.79 Å². The Balaban J connectivity index is 2.64. The molecule has 0 aromatic rings. The van der Waals surface area contributed by atoms with Crippen LogP contribution in [0.25, 0.3) is 0 Å². The van der Waals surface area contributed by atoms with Gasteiger partial charge < -0.3 is 9.47 Å². The van der Waals surface area contributed by atoms with E-state index in [9.17, 15) is 14.0 Å². The predicted octanol–water partition coefficient (Wildman–Crippen LogP) is 0.983. The van der Waals surface area contributed by atoms with Crippen LogP contribution < -0.4 is 0 Å². The van der Waals surface area contributed by atoms with Crippen LogP contribution in [0.15, 0.2) is 0 Å². The molecule has 0 N–H and O–H groups in total. The number of esters is 2. The second-order valence-electron chi connectivity index (χ2n) is 3.52. The van der Waals surface area contributed by atoms with Crippen LogP contribution >= 0.6 is 0 Å². The van der Waals surface area contributed by atoms with E-state index in [-0.39, 0.29) is 13.0 Å². The van der Waals surface area contributed by atoms with Crippen molar-refractivity contribution >= 4 is 11.9 Å². The lowest BCUT2D eigenvalue weighted by molar-refractivity contribution is -0.160. The number of rotatable bonds is 3. The maximum absolute atomic E-state index is 13.7. The summed E-state index contributed by atoms with van der Waals surface area (Å²) >= 11 is 0. The molecule has 0 heterocycles. The summed E-state index contributed by atoms with van der Waals surface area (Å²) in [4.78, 5) is 21.8. The van der Waals surface area contributed by atoms with Crippen molar-refractivity contribution in [3.05, 3.63) is 0 Å². The first-order valence-electron chi connectivity index (χ1n) is 4.41. The normalized spacial score (nSPS) is 34.9. The van der Waals surface area contributed by atoms with E-state index in [0.29, 0.717) is 0 Å². The first-order valence-corrected chi connectivity index (χ1v) is 4.41. The van der Waals surface area contributed by atoms with Crippen LogP contribution in [-0.2, 0) is 19.1 Å². The Kier molecular flexibility index (Phi) is 2.52. The van der Waals surface area contributed by atoms with Gasteiger partial charge in [0.05, 0.1) is 6.61 Å². The second kappa shape index (κ2) is 3.22. The molecule has 0 saturated heterocycles. The zero-order valence-corrected chi connectivity index (χ0v) is 8.43. The molecule has 80 valence electrons. The fourth-order valence-corrected chi connectivity index (χ4v) is 1.39. The van der Waals surface area contributed by atoms with Crippen molar-refractivity contribution in [2.45, 2.75) is 38.5 Å². The van der Waals surface area contributed by atoms with E-state index in [1.807, 2.05) is 0 Å². The molecule has 0 aromatic heterocycles. The zero-order valence-electron chi connectivity index (χ0n) is 8.43. The highest BCUT2D eigenvalue weighted by Gasteiger charge is 2.75. The van der Waals surface area contributed by atoms with Crippen LogP contribution in [0.3, 0.4) is 0 Å². The number of carbonyl (C=O) groups excluding carboxylic acids is 2. The number of hydrogen-bond donors (Lipinski definition) is 0. The SMILES string of the molecule is CCOC(=O)C1(F)CC1(C)OC(C)=O. The fourth-order valence-electron chi connectivity index (χ4n) is 1.39. The lowest BCUT2D eigenvalue weighted by atomic mass is 10.2. The molecular formula is C9H13FO4. The third-order valence-corrected chi connectivity index (χ3v) is 2.26. The first-order chi connectivity index (χ1) is 6.35. The van der Waals surface area contributed by atoms with Gasteiger partial charge in [-0.1, -0.05) is 0 Å². The molecule has 0 bridgehead atoms. The van der Waals surface area contributed by atoms with Crippen molar-refractivity contribution in [3.8, 4) is 0 Å². The van der Waals surface area contributed by atoms with Crippen molar-refractivity contribution in [1.82, 2.24) is 0 Å². The van der Waals surface area contributed by atoms with Gasteiger partial charge in [-0.05, 0) is 13.8 Å². The van der Waals surface area contributed by atoms with Gasteiger partial charge in [-0.2, -0.15) is 0 Å². The summed E-state index contributed by atoms with van der Waals surface area (Å²) in [5.41, 5.74) is -3.50. The second-order valence-corrected chi connectivity index (χ2v) is 3.52. The molecule has 0 aromatic carbocycles. The predicted molar refractivity (Wildman–Crippen MR) is 45.3 cm³/mol. The molecule has 1 fully saturated rings. The van der Waals surface area contributed by atoms with E-state index in [2.05, 4.69) is 4.74 Å². The van der Waals surface area contributed by atoms with Crippen molar-refractivity contribution in [2.24, 2.45) is 0 Å². The summed E-state index contributed by atoms with van der Waals surface area (Å²) in [6.45, 7) is 4.26. The van der Waals surface area contributed by atoms with Crippen molar-refractivity contribution in [2.75, 3.05) is 6.61 Å². The van der Waals surface area contributed by atoms with Gasteiger partial charge in [0.15, 0.2) is 5.60 Å². The summed E-state index contributed by atoms with van der Waals surface area (Å²) < 4.78 is 23.0. The van der Waals surface area contributed by atoms with E-state index in [1.54, 1.807) is 6.92 Å². The summed E-state index contributed by atoms with van der Waals surface area (Å²) in [5, 5.41) is 0. The lowest BCUT2D eigenvalue weighted by Gasteiger charge is -2.14. The minimum Gasteiger partial charge on any atom is -0.464 e. The quantitative estimate of drug-likeness (QED) is 0.643. The van der Waals surface area contributed by atoms with E-state index in [4.69, 9.17) is 4.74 Å². The fraction of sp³-hybridized carbons (Fsp3) is 0.778. The Bertz CT molecular complexity index is 278. The molecule has 14 heavy (non-hydrogen) atoms. The number of hydrogen-bond acceptors (Lipinski definition) is 4. The maximum Gasteiger partial charge on any atom is 0.348 e.